The number of nitrogens with zero attached hydrogens (tertiary/aromatic N) is 4. The second-order valence-electron chi connectivity index (χ2n) is 5.81. The minimum atomic E-state index is 0.0612. The van der Waals surface area contributed by atoms with Crippen LogP contribution in [0.15, 0.2) is 18.6 Å². The number of rotatable bonds is 2. The van der Waals surface area contributed by atoms with Crippen molar-refractivity contribution in [3.63, 3.8) is 0 Å². The number of amides is 1. The van der Waals surface area contributed by atoms with E-state index >= 15 is 0 Å². The Morgan fingerprint density at radius 1 is 1.33 bits per heavy atom. The van der Waals surface area contributed by atoms with Gasteiger partial charge in [-0.3, -0.25) is 9.78 Å². The van der Waals surface area contributed by atoms with E-state index in [-0.39, 0.29) is 17.9 Å². The molecule has 0 aromatic carbocycles. The van der Waals surface area contributed by atoms with E-state index < -0.39 is 0 Å². The normalized spacial score (nSPS) is 26.7. The van der Waals surface area contributed by atoms with E-state index in [4.69, 9.17) is 4.74 Å². The lowest BCUT2D eigenvalue weighted by Gasteiger charge is -2.37. The van der Waals surface area contributed by atoms with Gasteiger partial charge in [0.15, 0.2) is 0 Å². The molecule has 6 heteroatoms. The van der Waals surface area contributed by atoms with E-state index in [9.17, 15) is 4.79 Å². The highest BCUT2D eigenvalue weighted by Crippen LogP contribution is 2.23. The van der Waals surface area contributed by atoms with E-state index in [0.717, 1.165) is 31.7 Å². The minimum absolute atomic E-state index is 0.0612. The van der Waals surface area contributed by atoms with Crippen molar-refractivity contribution in [2.24, 2.45) is 5.92 Å². The van der Waals surface area contributed by atoms with Crippen molar-refractivity contribution in [3.8, 4) is 0 Å². The van der Waals surface area contributed by atoms with Crippen LogP contribution in [0.2, 0.25) is 0 Å². The third-order valence-electron chi connectivity index (χ3n) is 4.20. The quantitative estimate of drug-likeness (QED) is 0.811. The zero-order valence-corrected chi connectivity index (χ0v) is 12.4. The van der Waals surface area contributed by atoms with Gasteiger partial charge in [0.25, 0.3) is 0 Å². The number of carbonyl (C=O) groups excluding carboxylic acids is 1. The van der Waals surface area contributed by atoms with Gasteiger partial charge in [0, 0.05) is 38.6 Å². The number of carbonyl (C=O) groups is 1. The molecular formula is C15H22N4O2. The minimum Gasteiger partial charge on any atom is -0.375 e. The van der Waals surface area contributed by atoms with Crippen LogP contribution in [0.4, 0.5) is 5.82 Å². The van der Waals surface area contributed by atoms with Gasteiger partial charge >= 0.3 is 0 Å². The summed E-state index contributed by atoms with van der Waals surface area (Å²) in [5.74, 6) is 1.19. The van der Waals surface area contributed by atoms with Crippen molar-refractivity contribution < 1.29 is 9.53 Å². The Bertz CT molecular complexity index is 482. The van der Waals surface area contributed by atoms with Gasteiger partial charge in [-0.1, -0.05) is 0 Å². The van der Waals surface area contributed by atoms with Gasteiger partial charge in [0.05, 0.1) is 24.8 Å². The van der Waals surface area contributed by atoms with Crippen LogP contribution < -0.4 is 4.90 Å². The number of morpholine rings is 1. The number of piperidine rings is 1. The van der Waals surface area contributed by atoms with E-state index in [2.05, 4.69) is 14.9 Å². The van der Waals surface area contributed by atoms with Crippen molar-refractivity contribution in [2.45, 2.75) is 25.9 Å². The third-order valence-corrected chi connectivity index (χ3v) is 4.20. The average Bonchev–Trinajstić information content (AvgIpc) is 2.55. The number of ether oxygens (including phenoxy) is 1. The van der Waals surface area contributed by atoms with Crippen LogP contribution in [-0.2, 0) is 9.53 Å². The van der Waals surface area contributed by atoms with Gasteiger partial charge < -0.3 is 14.5 Å². The van der Waals surface area contributed by atoms with Gasteiger partial charge in [-0.2, -0.15) is 0 Å². The van der Waals surface area contributed by atoms with Gasteiger partial charge in [-0.25, -0.2) is 4.98 Å². The van der Waals surface area contributed by atoms with Crippen LogP contribution >= 0.6 is 0 Å². The summed E-state index contributed by atoms with van der Waals surface area (Å²) >= 11 is 0. The average molecular weight is 290 g/mol. The first-order valence-corrected chi connectivity index (χ1v) is 7.65. The number of hydrogen-bond donors (Lipinski definition) is 0. The zero-order valence-electron chi connectivity index (χ0n) is 12.4. The molecule has 3 heterocycles. The monoisotopic (exact) mass is 290 g/mol. The maximum absolute atomic E-state index is 12.7. The van der Waals surface area contributed by atoms with Crippen molar-refractivity contribution in [1.29, 1.82) is 0 Å². The van der Waals surface area contributed by atoms with E-state index in [0.29, 0.717) is 19.7 Å². The second-order valence-corrected chi connectivity index (χ2v) is 5.81. The standard InChI is InChI=1S/C15H22N4O2/c1-12-10-19(7-8-21-12)15(20)13-3-2-6-18(11-13)14-9-16-4-5-17-14/h4-5,9,12-13H,2-3,6-8,10-11H2,1H3. The second kappa shape index (κ2) is 6.39. The summed E-state index contributed by atoms with van der Waals surface area (Å²) in [5.41, 5.74) is 0. The molecular weight excluding hydrogens is 268 g/mol. The molecule has 2 aliphatic rings. The molecule has 1 aromatic heterocycles. The first-order valence-electron chi connectivity index (χ1n) is 7.65. The van der Waals surface area contributed by atoms with Crippen LogP contribution in [0.5, 0.6) is 0 Å². The summed E-state index contributed by atoms with van der Waals surface area (Å²) in [6.45, 7) is 5.77. The number of hydrogen-bond acceptors (Lipinski definition) is 5. The Hall–Kier alpha value is -1.69. The highest BCUT2D eigenvalue weighted by Gasteiger charge is 2.31. The number of aromatic nitrogens is 2. The van der Waals surface area contributed by atoms with Crippen LogP contribution in [-0.4, -0.2) is 59.7 Å². The molecule has 6 nitrogen and oxygen atoms in total. The van der Waals surface area contributed by atoms with Gasteiger partial charge in [0.1, 0.15) is 5.82 Å². The van der Waals surface area contributed by atoms with Crippen molar-refractivity contribution in [1.82, 2.24) is 14.9 Å². The first-order chi connectivity index (χ1) is 10.2. The first kappa shape index (κ1) is 14.3. The largest absolute Gasteiger partial charge is 0.375 e. The Balaban J connectivity index is 1.64. The summed E-state index contributed by atoms with van der Waals surface area (Å²) in [7, 11) is 0. The SMILES string of the molecule is CC1CN(C(=O)C2CCCN(c3cnccn3)C2)CCO1. The smallest absolute Gasteiger partial charge is 0.227 e. The summed E-state index contributed by atoms with van der Waals surface area (Å²) in [6, 6.07) is 0. The molecule has 2 saturated heterocycles. The van der Waals surface area contributed by atoms with E-state index in [1.165, 1.54) is 0 Å². The molecule has 1 aromatic rings. The molecule has 0 radical (unpaired) electrons. The lowest BCUT2D eigenvalue weighted by Crippen LogP contribution is -2.50. The molecule has 3 rings (SSSR count). The Kier molecular flexibility index (Phi) is 4.34. The predicted octanol–water partition coefficient (Wildman–Crippen LogP) is 0.940. The number of anilines is 1. The maximum Gasteiger partial charge on any atom is 0.227 e. The molecule has 2 unspecified atom stereocenters. The molecule has 1 amide bonds. The summed E-state index contributed by atoms with van der Waals surface area (Å²) in [4.78, 5) is 25.3. The van der Waals surface area contributed by atoms with Gasteiger partial charge in [-0.15, -0.1) is 0 Å². The Morgan fingerprint density at radius 2 is 2.24 bits per heavy atom. The van der Waals surface area contributed by atoms with Gasteiger partial charge in [-0.05, 0) is 19.8 Å². The summed E-state index contributed by atoms with van der Waals surface area (Å²) < 4.78 is 5.51. The lowest BCUT2D eigenvalue weighted by atomic mass is 9.96. The molecule has 0 aliphatic carbocycles. The van der Waals surface area contributed by atoms with Crippen molar-refractivity contribution >= 4 is 11.7 Å². The molecule has 21 heavy (non-hydrogen) atoms. The van der Waals surface area contributed by atoms with Crippen molar-refractivity contribution in [3.05, 3.63) is 18.6 Å². The fourth-order valence-corrected chi connectivity index (χ4v) is 3.12. The topological polar surface area (TPSA) is 58.6 Å². The molecule has 114 valence electrons. The van der Waals surface area contributed by atoms with Crippen LogP contribution in [0.3, 0.4) is 0 Å². The Morgan fingerprint density at radius 3 is 3.00 bits per heavy atom. The summed E-state index contributed by atoms with van der Waals surface area (Å²) in [5, 5.41) is 0. The highest BCUT2D eigenvalue weighted by molar-refractivity contribution is 5.79. The summed E-state index contributed by atoms with van der Waals surface area (Å²) in [6.07, 6.45) is 7.26. The molecule has 0 bridgehead atoms. The molecule has 0 saturated carbocycles. The molecule has 0 spiro atoms. The van der Waals surface area contributed by atoms with Crippen LogP contribution in [0.1, 0.15) is 19.8 Å². The van der Waals surface area contributed by atoms with Gasteiger partial charge in [0.2, 0.25) is 5.91 Å². The van der Waals surface area contributed by atoms with Crippen molar-refractivity contribution in [2.75, 3.05) is 37.7 Å². The highest BCUT2D eigenvalue weighted by atomic mass is 16.5. The van der Waals surface area contributed by atoms with Crippen LogP contribution in [0.25, 0.3) is 0 Å². The molecule has 2 atom stereocenters. The molecule has 2 aliphatic heterocycles. The molecule has 2 fully saturated rings. The zero-order chi connectivity index (χ0) is 14.7. The molecule has 0 N–H and O–H groups in total. The maximum atomic E-state index is 12.7. The van der Waals surface area contributed by atoms with E-state index in [1.54, 1.807) is 18.6 Å². The third kappa shape index (κ3) is 3.32. The van der Waals surface area contributed by atoms with E-state index in [1.807, 2.05) is 11.8 Å². The fourth-order valence-electron chi connectivity index (χ4n) is 3.12. The fraction of sp³-hybridized carbons (Fsp3) is 0.667. The Labute approximate surface area is 125 Å². The lowest BCUT2D eigenvalue weighted by molar-refractivity contribution is -0.142. The van der Waals surface area contributed by atoms with Crippen LogP contribution in [0, 0.1) is 5.92 Å². The predicted molar refractivity (Wildman–Crippen MR) is 79.0 cm³/mol.